The molecule has 0 fully saturated rings. The van der Waals surface area contributed by atoms with Crippen LogP contribution in [0.1, 0.15) is 18.4 Å². The number of aromatic nitrogens is 1. The Morgan fingerprint density at radius 2 is 2.41 bits per heavy atom. The minimum atomic E-state index is -0.450. The third-order valence-corrected chi connectivity index (χ3v) is 2.84. The summed E-state index contributed by atoms with van der Waals surface area (Å²) in [5.74, 6) is -0.00537. The molecule has 1 unspecified atom stereocenters. The highest BCUT2D eigenvalue weighted by Crippen LogP contribution is 2.15. The van der Waals surface area contributed by atoms with E-state index in [1.165, 1.54) is 6.20 Å². The summed E-state index contributed by atoms with van der Waals surface area (Å²) in [4.78, 5) is 15.7. The number of hydrogen-bond donors (Lipinski definition) is 1. The van der Waals surface area contributed by atoms with Crippen molar-refractivity contribution in [2.24, 2.45) is 5.73 Å². The highest BCUT2D eigenvalue weighted by Gasteiger charge is 2.14. The number of rotatable bonds is 7. The maximum Gasteiger partial charge on any atom is 0.153 e. The fraction of sp³-hybridized carbons (Fsp3) is 0.500. The van der Waals surface area contributed by atoms with Gasteiger partial charge in [-0.15, -0.1) is 0 Å². The van der Waals surface area contributed by atoms with Gasteiger partial charge in [0.2, 0.25) is 0 Å². The van der Waals surface area contributed by atoms with Gasteiger partial charge < -0.3 is 10.5 Å². The molecule has 0 spiro atoms. The van der Waals surface area contributed by atoms with E-state index < -0.39 is 6.04 Å². The number of carbonyl (C=O) groups excluding carboxylic acids is 1. The van der Waals surface area contributed by atoms with Crippen LogP contribution in [0.4, 0.5) is 0 Å². The van der Waals surface area contributed by atoms with Crippen molar-refractivity contribution in [3.8, 4) is 0 Å². The normalized spacial score (nSPS) is 12.4. The number of methoxy groups -OCH3 is 1. The second-order valence-corrected chi connectivity index (χ2v) is 4.26. The molecule has 5 heteroatoms. The monoisotopic (exact) mass is 256 g/mol. The van der Waals surface area contributed by atoms with Gasteiger partial charge in [-0.1, -0.05) is 11.6 Å². The number of Topliss-reactive ketones (excluding diaryl/α,β-unsaturated/α-hetero) is 1. The Kier molecular flexibility index (Phi) is 6.11. The lowest BCUT2D eigenvalue weighted by atomic mass is 10.0. The maximum atomic E-state index is 11.8. The number of hydrogen-bond acceptors (Lipinski definition) is 4. The number of carbonyl (C=O) groups is 1. The summed E-state index contributed by atoms with van der Waals surface area (Å²) < 4.78 is 4.91. The number of halogens is 1. The molecule has 17 heavy (non-hydrogen) atoms. The average molecular weight is 257 g/mol. The zero-order chi connectivity index (χ0) is 12.7. The molecule has 2 N–H and O–H groups in total. The first-order valence-electron chi connectivity index (χ1n) is 5.50. The van der Waals surface area contributed by atoms with Crippen LogP contribution in [0, 0.1) is 0 Å². The molecular weight excluding hydrogens is 240 g/mol. The Morgan fingerprint density at radius 3 is 3.06 bits per heavy atom. The van der Waals surface area contributed by atoms with Gasteiger partial charge >= 0.3 is 0 Å². The lowest BCUT2D eigenvalue weighted by Gasteiger charge is -2.10. The van der Waals surface area contributed by atoms with E-state index in [0.717, 1.165) is 12.0 Å². The van der Waals surface area contributed by atoms with Crippen LogP contribution in [0.15, 0.2) is 18.5 Å². The van der Waals surface area contributed by atoms with Crippen molar-refractivity contribution in [1.29, 1.82) is 0 Å². The first-order valence-corrected chi connectivity index (χ1v) is 5.88. The third-order valence-electron chi connectivity index (χ3n) is 2.50. The SMILES string of the molecule is COCCCC(N)C(=O)Cc1ccncc1Cl. The number of ketones is 1. The molecule has 1 aromatic heterocycles. The van der Waals surface area contributed by atoms with Crippen LogP contribution in [0.2, 0.25) is 5.02 Å². The van der Waals surface area contributed by atoms with E-state index in [9.17, 15) is 4.79 Å². The van der Waals surface area contributed by atoms with Crippen LogP contribution < -0.4 is 5.73 Å². The van der Waals surface area contributed by atoms with E-state index in [4.69, 9.17) is 22.1 Å². The molecular formula is C12H17ClN2O2. The molecule has 1 aromatic rings. The van der Waals surface area contributed by atoms with Crippen LogP contribution in [-0.4, -0.2) is 30.5 Å². The van der Waals surface area contributed by atoms with Crippen LogP contribution in [0.25, 0.3) is 0 Å². The van der Waals surface area contributed by atoms with Crippen molar-refractivity contribution in [1.82, 2.24) is 4.98 Å². The molecule has 1 rings (SSSR count). The van der Waals surface area contributed by atoms with Gasteiger partial charge in [0, 0.05) is 32.5 Å². The maximum absolute atomic E-state index is 11.8. The fourth-order valence-electron chi connectivity index (χ4n) is 1.47. The quantitative estimate of drug-likeness (QED) is 0.753. The number of pyridine rings is 1. The predicted molar refractivity (Wildman–Crippen MR) is 67.0 cm³/mol. The van der Waals surface area contributed by atoms with E-state index >= 15 is 0 Å². The van der Waals surface area contributed by atoms with Gasteiger partial charge in [-0.2, -0.15) is 0 Å². The molecule has 0 amide bonds. The second-order valence-electron chi connectivity index (χ2n) is 3.85. The summed E-state index contributed by atoms with van der Waals surface area (Å²) in [5, 5.41) is 0.505. The van der Waals surface area contributed by atoms with Crippen LogP contribution >= 0.6 is 11.6 Å². The second kappa shape index (κ2) is 7.37. The lowest BCUT2D eigenvalue weighted by molar-refractivity contribution is -0.119. The molecule has 0 radical (unpaired) electrons. The predicted octanol–water partition coefficient (Wildman–Crippen LogP) is 1.60. The lowest BCUT2D eigenvalue weighted by Crippen LogP contribution is -2.32. The molecule has 0 aliphatic carbocycles. The van der Waals surface area contributed by atoms with Crippen LogP contribution in [0.3, 0.4) is 0 Å². The largest absolute Gasteiger partial charge is 0.385 e. The third kappa shape index (κ3) is 4.81. The summed E-state index contributed by atoms with van der Waals surface area (Å²) in [5.41, 5.74) is 6.56. The van der Waals surface area contributed by atoms with Gasteiger partial charge in [0.1, 0.15) is 0 Å². The van der Waals surface area contributed by atoms with Crippen LogP contribution in [0.5, 0.6) is 0 Å². The van der Waals surface area contributed by atoms with Crippen molar-refractivity contribution in [2.75, 3.05) is 13.7 Å². The minimum Gasteiger partial charge on any atom is -0.385 e. The first-order chi connectivity index (χ1) is 8.15. The summed E-state index contributed by atoms with van der Waals surface area (Å²) in [6.45, 7) is 0.622. The fourth-order valence-corrected chi connectivity index (χ4v) is 1.66. The molecule has 0 bridgehead atoms. The average Bonchev–Trinajstić information content (AvgIpc) is 2.32. The van der Waals surface area contributed by atoms with E-state index in [1.54, 1.807) is 19.4 Å². The Labute approximate surface area is 106 Å². The summed E-state index contributed by atoms with van der Waals surface area (Å²) >= 11 is 5.92. The molecule has 0 aliphatic heterocycles. The molecule has 0 saturated carbocycles. The smallest absolute Gasteiger partial charge is 0.153 e. The van der Waals surface area contributed by atoms with Crippen molar-refractivity contribution in [3.63, 3.8) is 0 Å². The van der Waals surface area contributed by atoms with Gasteiger partial charge in [0.05, 0.1) is 11.1 Å². The summed E-state index contributed by atoms with van der Waals surface area (Å²) in [7, 11) is 1.63. The van der Waals surface area contributed by atoms with Crippen molar-refractivity contribution >= 4 is 17.4 Å². The summed E-state index contributed by atoms with van der Waals surface area (Å²) in [6.07, 6.45) is 4.82. The molecule has 0 aliphatic rings. The standard InChI is InChI=1S/C12H17ClN2O2/c1-17-6-2-3-11(14)12(16)7-9-4-5-15-8-10(9)13/h4-5,8,11H,2-3,6-7,14H2,1H3. The van der Waals surface area contributed by atoms with E-state index in [1.807, 2.05) is 0 Å². The van der Waals surface area contributed by atoms with Gasteiger partial charge in [-0.05, 0) is 24.5 Å². The number of ether oxygens (including phenoxy) is 1. The minimum absolute atomic E-state index is 0.00537. The Hall–Kier alpha value is -0.970. The zero-order valence-corrected chi connectivity index (χ0v) is 10.6. The Balaban J connectivity index is 2.46. The van der Waals surface area contributed by atoms with E-state index in [-0.39, 0.29) is 12.2 Å². The molecule has 0 aromatic carbocycles. The molecule has 94 valence electrons. The number of nitrogens with two attached hydrogens (primary N) is 1. The molecule has 1 heterocycles. The van der Waals surface area contributed by atoms with Gasteiger partial charge in [0.15, 0.2) is 5.78 Å². The van der Waals surface area contributed by atoms with Crippen molar-refractivity contribution < 1.29 is 9.53 Å². The Morgan fingerprint density at radius 1 is 1.65 bits per heavy atom. The molecule has 4 nitrogen and oxygen atoms in total. The highest BCUT2D eigenvalue weighted by atomic mass is 35.5. The topological polar surface area (TPSA) is 65.2 Å². The zero-order valence-electron chi connectivity index (χ0n) is 9.86. The van der Waals surface area contributed by atoms with Crippen molar-refractivity contribution in [3.05, 3.63) is 29.0 Å². The summed E-state index contributed by atoms with van der Waals surface area (Å²) in [6, 6.07) is 1.29. The Bertz CT molecular complexity index is 371. The molecule has 0 saturated heterocycles. The molecule has 1 atom stereocenters. The van der Waals surface area contributed by atoms with Crippen molar-refractivity contribution in [2.45, 2.75) is 25.3 Å². The van der Waals surface area contributed by atoms with Gasteiger partial charge in [0.25, 0.3) is 0 Å². The van der Waals surface area contributed by atoms with Gasteiger partial charge in [-0.25, -0.2) is 0 Å². The van der Waals surface area contributed by atoms with E-state index in [0.29, 0.717) is 18.1 Å². The van der Waals surface area contributed by atoms with Gasteiger partial charge in [-0.3, -0.25) is 9.78 Å². The van der Waals surface area contributed by atoms with Crippen LogP contribution in [-0.2, 0) is 16.0 Å². The first kappa shape index (κ1) is 14.1. The highest BCUT2D eigenvalue weighted by molar-refractivity contribution is 6.31. The van der Waals surface area contributed by atoms with E-state index in [2.05, 4.69) is 4.98 Å². The number of nitrogens with zero attached hydrogens (tertiary/aromatic N) is 1.